The summed E-state index contributed by atoms with van der Waals surface area (Å²) in [7, 11) is 0. The van der Waals surface area contributed by atoms with Crippen molar-refractivity contribution >= 4 is 0 Å². The number of ether oxygens (including phenoxy) is 1. The molecule has 1 aromatic rings. The highest BCUT2D eigenvalue weighted by Gasteiger charge is 2.25. The number of hydrogen-bond acceptors (Lipinski definition) is 3. The Labute approximate surface area is 122 Å². The first-order chi connectivity index (χ1) is 9.79. The minimum Gasteiger partial charge on any atom is -0.390 e. The van der Waals surface area contributed by atoms with E-state index in [-0.39, 0.29) is 12.2 Å². The van der Waals surface area contributed by atoms with Gasteiger partial charge in [-0.1, -0.05) is 37.3 Å². The zero-order chi connectivity index (χ0) is 14.2. The molecule has 112 valence electrons. The number of hydrogen-bond donors (Lipinski definition) is 1. The summed E-state index contributed by atoms with van der Waals surface area (Å²) in [4.78, 5) is 2.40. The Kier molecular flexibility index (Phi) is 6.51. The van der Waals surface area contributed by atoms with E-state index < -0.39 is 0 Å². The Morgan fingerprint density at radius 3 is 2.90 bits per heavy atom. The second-order valence-electron chi connectivity index (χ2n) is 5.66. The van der Waals surface area contributed by atoms with Crippen molar-refractivity contribution in [2.75, 3.05) is 26.2 Å². The minimum atomic E-state index is -0.335. The summed E-state index contributed by atoms with van der Waals surface area (Å²) < 4.78 is 5.73. The van der Waals surface area contributed by atoms with E-state index in [1.165, 1.54) is 5.56 Å². The highest BCUT2D eigenvalue weighted by molar-refractivity contribution is 5.14. The molecule has 0 radical (unpaired) electrons. The molecule has 3 nitrogen and oxygen atoms in total. The van der Waals surface area contributed by atoms with Gasteiger partial charge in [-0.15, -0.1) is 0 Å². The average Bonchev–Trinajstić information content (AvgIpc) is 2.49. The first-order valence-electron chi connectivity index (χ1n) is 7.85. The average molecular weight is 277 g/mol. The molecule has 1 aliphatic heterocycles. The molecule has 3 heteroatoms. The van der Waals surface area contributed by atoms with Gasteiger partial charge < -0.3 is 9.84 Å². The van der Waals surface area contributed by atoms with Crippen molar-refractivity contribution in [2.45, 2.75) is 44.8 Å². The quantitative estimate of drug-likeness (QED) is 0.831. The van der Waals surface area contributed by atoms with Crippen LogP contribution in [-0.4, -0.2) is 48.5 Å². The molecule has 1 heterocycles. The van der Waals surface area contributed by atoms with Crippen LogP contribution in [0.4, 0.5) is 0 Å². The van der Waals surface area contributed by atoms with Gasteiger partial charge in [-0.05, 0) is 37.8 Å². The van der Waals surface area contributed by atoms with E-state index in [9.17, 15) is 5.11 Å². The van der Waals surface area contributed by atoms with Gasteiger partial charge in [0.1, 0.15) is 0 Å². The maximum absolute atomic E-state index is 10.3. The third-order valence-corrected chi connectivity index (χ3v) is 3.95. The molecule has 1 aromatic carbocycles. The van der Waals surface area contributed by atoms with Crippen molar-refractivity contribution in [1.29, 1.82) is 0 Å². The summed E-state index contributed by atoms with van der Waals surface area (Å²) in [6, 6.07) is 10.5. The predicted octanol–water partition coefficient (Wildman–Crippen LogP) is 2.48. The van der Waals surface area contributed by atoms with E-state index in [0.717, 1.165) is 51.9 Å². The highest BCUT2D eigenvalue weighted by atomic mass is 16.5. The molecule has 0 spiro atoms. The van der Waals surface area contributed by atoms with Gasteiger partial charge in [0.25, 0.3) is 0 Å². The Morgan fingerprint density at radius 2 is 2.15 bits per heavy atom. The van der Waals surface area contributed by atoms with Crippen molar-refractivity contribution < 1.29 is 9.84 Å². The number of aryl methyl sites for hydroxylation is 1. The Morgan fingerprint density at radius 1 is 1.35 bits per heavy atom. The summed E-state index contributed by atoms with van der Waals surface area (Å²) in [6.45, 7) is 5.93. The highest BCUT2D eigenvalue weighted by Crippen LogP contribution is 2.14. The van der Waals surface area contributed by atoms with Crippen molar-refractivity contribution in [2.24, 2.45) is 0 Å². The fourth-order valence-corrected chi connectivity index (χ4v) is 2.83. The molecule has 20 heavy (non-hydrogen) atoms. The van der Waals surface area contributed by atoms with Crippen LogP contribution < -0.4 is 0 Å². The normalized spacial score (nSPS) is 21.8. The van der Waals surface area contributed by atoms with Crippen molar-refractivity contribution in [3.8, 4) is 0 Å². The zero-order valence-electron chi connectivity index (χ0n) is 12.5. The molecule has 2 unspecified atom stereocenters. The van der Waals surface area contributed by atoms with E-state index in [1.54, 1.807) is 0 Å². The molecule has 1 N–H and O–H groups in total. The number of morpholine rings is 1. The minimum absolute atomic E-state index is 0.00827. The van der Waals surface area contributed by atoms with Gasteiger partial charge >= 0.3 is 0 Å². The second-order valence-corrected chi connectivity index (χ2v) is 5.66. The lowest BCUT2D eigenvalue weighted by Crippen LogP contribution is -2.47. The molecule has 1 fully saturated rings. The van der Waals surface area contributed by atoms with E-state index in [0.29, 0.717) is 0 Å². The second kappa shape index (κ2) is 8.40. The lowest BCUT2D eigenvalue weighted by molar-refractivity contribution is -0.0905. The van der Waals surface area contributed by atoms with Crippen LogP contribution in [0.5, 0.6) is 0 Å². The van der Waals surface area contributed by atoms with E-state index in [4.69, 9.17) is 4.74 Å². The smallest absolute Gasteiger partial charge is 0.0960 e. The van der Waals surface area contributed by atoms with Gasteiger partial charge in [-0.2, -0.15) is 0 Å². The Hall–Kier alpha value is -0.900. The van der Waals surface area contributed by atoms with Gasteiger partial charge in [0.05, 0.1) is 18.8 Å². The molecule has 0 bridgehead atoms. The summed E-state index contributed by atoms with van der Waals surface area (Å²) in [6.07, 6.45) is 3.68. The Bertz CT molecular complexity index is 367. The standard InChI is InChI=1S/C17H27NO2/c1-2-11-18-12-13-20-17(14-18)16(19)10-6-9-15-7-4-3-5-8-15/h3-5,7-8,16-17,19H,2,6,9-14H2,1H3. The molecular formula is C17H27NO2. The van der Waals surface area contributed by atoms with E-state index >= 15 is 0 Å². The number of rotatable bonds is 7. The molecule has 0 amide bonds. The van der Waals surface area contributed by atoms with Gasteiger partial charge in [-0.25, -0.2) is 0 Å². The molecule has 0 aromatic heterocycles. The number of aliphatic hydroxyl groups excluding tert-OH is 1. The fraction of sp³-hybridized carbons (Fsp3) is 0.647. The van der Waals surface area contributed by atoms with Crippen molar-refractivity contribution in [1.82, 2.24) is 4.90 Å². The predicted molar refractivity (Wildman–Crippen MR) is 81.9 cm³/mol. The third kappa shape index (κ3) is 4.89. The topological polar surface area (TPSA) is 32.7 Å². The van der Waals surface area contributed by atoms with Crippen molar-refractivity contribution in [3.63, 3.8) is 0 Å². The monoisotopic (exact) mass is 277 g/mol. The fourth-order valence-electron chi connectivity index (χ4n) is 2.83. The molecule has 1 aliphatic rings. The maximum Gasteiger partial charge on any atom is 0.0960 e. The van der Waals surface area contributed by atoms with Crippen LogP contribution in [0, 0.1) is 0 Å². The van der Waals surface area contributed by atoms with Gasteiger partial charge in [-0.3, -0.25) is 4.90 Å². The van der Waals surface area contributed by atoms with Crippen LogP contribution in [0.15, 0.2) is 30.3 Å². The first kappa shape index (κ1) is 15.5. The summed E-state index contributed by atoms with van der Waals surface area (Å²) in [5, 5.41) is 10.3. The molecule has 2 atom stereocenters. The molecule has 2 rings (SSSR count). The summed E-state index contributed by atoms with van der Waals surface area (Å²) in [5.41, 5.74) is 1.34. The summed E-state index contributed by atoms with van der Waals surface area (Å²) >= 11 is 0. The lowest BCUT2D eigenvalue weighted by atomic mass is 10.0. The van der Waals surface area contributed by atoms with Crippen LogP contribution in [0.3, 0.4) is 0 Å². The number of benzene rings is 1. The first-order valence-corrected chi connectivity index (χ1v) is 7.85. The van der Waals surface area contributed by atoms with E-state index in [1.807, 2.05) is 6.07 Å². The Balaban J connectivity index is 1.70. The van der Waals surface area contributed by atoms with Crippen LogP contribution in [0.2, 0.25) is 0 Å². The number of nitrogens with zero attached hydrogens (tertiary/aromatic N) is 1. The van der Waals surface area contributed by atoms with Crippen LogP contribution in [0.25, 0.3) is 0 Å². The van der Waals surface area contributed by atoms with Gasteiger partial charge in [0.15, 0.2) is 0 Å². The SMILES string of the molecule is CCCN1CCOC(C(O)CCCc2ccccc2)C1. The van der Waals surface area contributed by atoms with Gasteiger partial charge in [0, 0.05) is 13.1 Å². The van der Waals surface area contributed by atoms with Gasteiger partial charge in [0.2, 0.25) is 0 Å². The van der Waals surface area contributed by atoms with Crippen LogP contribution >= 0.6 is 0 Å². The molecular weight excluding hydrogens is 250 g/mol. The maximum atomic E-state index is 10.3. The summed E-state index contributed by atoms with van der Waals surface area (Å²) in [5.74, 6) is 0. The molecule has 0 aliphatic carbocycles. The van der Waals surface area contributed by atoms with Crippen molar-refractivity contribution in [3.05, 3.63) is 35.9 Å². The van der Waals surface area contributed by atoms with Crippen LogP contribution in [0.1, 0.15) is 31.7 Å². The van der Waals surface area contributed by atoms with Crippen LogP contribution in [-0.2, 0) is 11.2 Å². The van der Waals surface area contributed by atoms with E-state index in [2.05, 4.69) is 36.1 Å². The molecule has 0 saturated carbocycles. The number of aliphatic hydroxyl groups is 1. The molecule has 1 saturated heterocycles. The third-order valence-electron chi connectivity index (χ3n) is 3.95. The lowest BCUT2D eigenvalue weighted by Gasteiger charge is -2.35. The largest absolute Gasteiger partial charge is 0.390 e. The zero-order valence-corrected chi connectivity index (χ0v) is 12.5.